The van der Waals surface area contributed by atoms with E-state index < -0.39 is 12.1 Å². The predicted molar refractivity (Wildman–Crippen MR) is 94.9 cm³/mol. The average Bonchev–Trinajstić information content (AvgIpc) is 3.16. The van der Waals surface area contributed by atoms with E-state index in [1.807, 2.05) is 37.3 Å². The molecule has 1 aliphatic carbocycles. The molecule has 2 fully saturated rings. The number of amides is 2. The van der Waals surface area contributed by atoms with Gasteiger partial charge in [0.25, 0.3) is 5.91 Å². The van der Waals surface area contributed by atoms with E-state index in [0.29, 0.717) is 12.8 Å². The van der Waals surface area contributed by atoms with E-state index in [4.69, 9.17) is 0 Å². The molecule has 5 heteroatoms. The second kappa shape index (κ2) is 7.81. The van der Waals surface area contributed by atoms with Crippen LogP contribution in [0.2, 0.25) is 0 Å². The van der Waals surface area contributed by atoms with Gasteiger partial charge in [0, 0.05) is 12.5 Å². The van der Waals surface area contributed by atoms with Gasteiger partial charge in [-0.25, -0.2) is 0 Å². The third-order valence-corrected chi connectivity index (χ3v) is 5.33. The fourth-order valence-corrected chi connectivity index (χ4v) is 3.95. The summed E-state index contributed by atoms with van der Waals surface area (Å²) in [5.74, 6) is -0.556. The normalized spacial score (nSPS) is 24.4. The van der Waals surface area contributed by atoms with Crippen molar-refractivity contribution in [3.05, 3.63) is 35.9 Å². The summed E-state index contributed by atoms with van der Waals surface area (Å²) < 4.78 is 0. The van der Waals surface area contributed by atoms with Crippen molar-refractivity contribution in [3.63, 3.8) is 0 Å². The van der Waals surface area contributed by atoms with Gasteiger partial charge in [0.05, 0.1) is 0 Å². The minimum absolute atomic E-state index is 0.0262. The second-order valence-corrected chi connectivity index (χ2v) is 7.01. The van der Waals surface area contributed by atoms with Crippen molar-refractivity contribution in [1.82, 2.24) is 10.2 Å². The number of Topliss-reactive ketones (excluding diaryl/α,β-unsaturated/α-hetero) is 1. The van der Waals surface area contributed by atoms with E-state index >= 15 is 0 Å². The highest BCUT2D eigenvalue weighted by Gasteiger charge is 2.46. The van der Waals surface area contributed by atoms with Crippen LogP contribution in [0.4, 0.5) is 0 Å². The molecule has 5 nitrogen and oxygen atoms in total. The van der Waals surface area contributed by atoms with Gasteiger partial charge in [-0.2, -0.15) is 0 Å². The van der Waals surface area contributed by atoms with Crippen LogP contribution in [0.1, 0.15) is 51.0 Å². The van der Waals surface area contributed by atoms with Gasteiger partial charge in [0.15, 0.2) is 11.8 Å². The van der Waals surface area contributed by atoms with Crippen LogP contribution >= 0.6 is 0 Å². The van der Waals surface area contributed by atoms with Crippen molar-refractivity contribution in [2.24, 2.45) is 0 Å². The maximum atomic E-state index is 12.8. The van der Waals surface area contributed by atoms with Gasteiger partial charge < -0.3 is 10.2 Å². The van der Waals surface area contributed by atoms with Crippen molar-refractivity contribution >= 4 is 17.6 Å². The maximum absolute atomic E-state index is 12.8. The van der Waals surface area contributed by atoms with Gasteiger partial charge >= 0.3 is 0 Å². The molecule has 1 aromatic carbocycles. The predicted octanol–water partition coefficient (Wildman–Crippen LogP) is 2.24. The number of hydrogen-bond acceptors (Lipinski definition) is 3. The summed E-state index contributed by atoms with van der Waals surface area (Å²) in [6, 6.07) is 8.33. The van der Waals surface area contributed by atoms with Crippen molar-refractivity contribution in [2.75, 3.05) is 0 Å². The number of ketones is 1. The summed E-state index contributed by atoms with van der Waals surface area (Å²) in [6.45, 7) is 1.88. The number of aryl methyl sites for hydroxylation is 1. The molecule has 2 amide bonds. The monoisotopic (exact) mass is 342 g/mol. The number of nitrogens with zero attached hydrogens (tertiary/aromatic N) is 1. The van der Waals surface area contributed by atoms with Crippen LogP contribution in [0.25, 0.3) is 0 Å². The topological polar surface area (TPSA) is 66.5 Å². The second-order valence-electron chi connectivity index (χ2n) is 7.01. The third-order valence-electron chi connectivity index (χ3n) is 5.33. The van der Waals surface area contributed by atoms with E-state index in [9.17, 15) is 14.4 Å². The Kier molecular flexibility index (Phi) is 5.51. The number of hydrogen-bond donors (Lipinski definition) is 1. The van der Waals surface area contributed by atoms with E-state index in [-0.39, 0.29) is 30.1 Å². The molecular formula is C20H26N2O3. The molecule has 0 bridgehead atoms. The minimum Gasteiger partial charge on any atom is -0.342 e. The molecule has 1 saturated heterocycles. The van der Waals surface area contributed by atoms with Crippen LogP contribution in [-0.4, -0.2) is 40.6 Å². The highest BCUT2D eigenvalue weighted by Crippen LogP contribution is 2.28. The fourth-order valence-electron chi connectivity index (χ4n) is 3.95. The molecule has 2 aliphatic rings. The highest BCUT2D eigenvalue weighted by atomic mass is 16.2. The van der Waals surface area contributed by atoms with Crippen molar-refractivity contribution in [1.29, 1.82) is 0 Å². The highest BCUT2D eigenvalue weighted by molar-refractivity contribution is 6.11. The summed E-state index contributed by atoms with van der Waals surface area (Å²) in [7, 11) is 0. The lowest BCUT2D eigenvalue weighted by atomic mass is 9.95. The molecule has 134 valence electrons. The number of benzene rings is 1. The van der Waals surface area contributed by atoms with E-state index in [1.54, 1.807) is 4.90 Å². The van der Waals surface area contributed by atoms with E-state index in [1.165, 1.54) is 0 Å². The lowest BCUT2D eigenvalue weighted by molar-refractivity contribution is -0.156. The zero-order valence-corrected chi connectivity index (χ0v) is 14.7. The maximum Gasteiger partial charge on any atom is 0.251 e. The Balaban J connectivity index is 1.76. The molecule has 25 heavy (non-hydrogen) atoms. The molecule has 0 aromatic heterocycles. The van der Waals surface area contributed by atoms with Crippen molar-refractivity contribution in [2.45, 2.75) is 70.0 Å². The molecule has 1 unspecified atom stereocenters. The fraction of sp³-hybridized carbons (Fsp3) is 0.550. The molecule has 0 radical (unpaired) electrons. The zero-order chi connectivity index (χ0) is 17.8. The van der Waals surface area contributed by atoms with Crippen LogP contribution < -0.4 is 5.32 Å². The Labute approximate surface area is 148 Å². The lowest BCUT2D eigenvalue weighted by Crippen LogP contribution is -2.67. The first kappa shape index (κ1) is 17.6. The first-order chi connectivity index (χ1) is 12.1. The van der Waals surface area contributed by atoms with Gasteiger partial charge in [-0.05, 0) is 31.2 Å². The molecule has 3 rings (SSSR count). The molecule has 2 atom stereocenters. The lowest BCUT2D eigenvalue weighted by Gasteiger charge is -2.41. The van der Waals surface area contributed by atoms with Gasteiger partial charge in [0.1, 0.15) is 6.04 Å². The van der Waals surface area contributed by atoms with Gasteiger partial charge in [-0.15, -0.1) is 0 Å². The SMILES string of the molecule is CC[C@@H]1NC(=O)C(C(=O)CCc2ccccc2)N(C2CCCC2)C1=O. The zero-order valence-electron chi connectivity index (χ0n) is 14.7. The summed E-state index contributed by atoms with van der Waals surface area (Å²) in [4.78, 5) is 39.9. The average molecular weight is 342 g/mol. The Morgan fingerprint density at radius 3 is 2.48 bits per heavy atom. The van der Waals surface area contributed by atoms with Crippen LogP contribution in [0.3, 0.4) is 0 Å². The Morgan fingerprint density at radius 1 is 1.16 bits per heavy atom. The smallest absolute Gasteiger partial charge is 0.251 e. The standard InChI is InChI=1S/C20H26N2O3/c1-2-16-20(25)22(15-10-6-7-11-15)18(19(24)21-16)17(23)13-12-14-8-4-3-5-9-14/h3-5,8-9,15-16,18H,2,6-7,10-13H2,1H3,(H,21,24)/t16-,18?/m0/s1. The molecule has 1 saturated carbocycles. The number of piperazine rings is 1. The third kappa shape index (κ3) is 3.75. The Morgan fingerprint density at radius 2 is 1.84 bits per heavy atom. The number of nitrogens with one attached hydrogen (secondary N) is 1. The largest absolute Gasteiger partial charge is 0.342 e. The summed E-state index contributed by atoms with van der Waals surface area (Å²) in [5, 5.41) is 2.75. The van der Waals surface area contributed by atoms with Crippen LogP contribution in [0, 0.1) is 0 Å². The minimum atomic E-state index is -0.956. The molecule has 0 spiro atoms. The van der Waals surface area contributed by atoms with Crippen LogP contribution in [-0.2, 0) is 20.8 Å². The summed E-state index contributed by atoms with van der Waals surface area (Å²) >= 11 is 0. The number of rotatable bonds is 6. The first-order valence-corrected chi connectivity index (χ1v) is 9.31. The molecule has 1 aromatic rings. The van der Waals surface area contributed by atoms with Crippen LogP contribution in [0.5, 0.6) is 0 Å². The van der Waals surface area contributed by atoms with Crippen molar-refractivity contribution in [3.8, 4) is 0 Å². The molecule has 1 heterocycles. The van der Waals surface area contributed by atoms with Gasteiger partial charge in [-0.1, -0.05) is 50.1 Å². The molecule has 1 N–H and O–H groups in total. The van der Waals surface area contributed by atoms with E-state index in [2.05, 4.69) is 5.32 Å². The first-order valence-electron chi connectivity index (χ1n) is 9.31. The summed E-state index contributed by atoms with van der Waals surface area (Å²) in [6.07, 6.45) is 5.30. The number of carbonyl (C=O) groups excluding carboxylic acids is 3. The molecular weight excluding hydrogens is 316 g/mol. The molecule has 1 aliphatic heterocycles. The van der Waals surface area contributed by atoms with E-state index in [0.717, 1.165) is 31.2 Å². The Bertz CT molecular complexity index is 638. The summed E-state index contributed by atoms with van der Waals surface area (Å²) in [5.41, 5.74) is 1.07. The van der Waals surface area contributed by atoms with Crippen molar-refractivity contribution < 1.29 is 14.4 Å². The Hall–Kier alpha value is -2.17. The number of carbonyl (C=O) groups is 3. The van der Waals surface area contributed by atoms with Gasteiger partial charge in [0.2, 0.25) is 5.91 Å². The van der Waals surface area contributed by atoms with Crippen LogP contribution in [0.15, 0.2) is 30.3 Å². The quantitative estimate of drug-likeness (QED) is 0.806. The van der Waals surface area contributed by atoms with Gasteiger partial charge in [-0.3, -0.25) is 14.4 Å².